The van der Waals surface area contributed by atoms with Gasteiger partial charge in [0, 0.05) is 36.2 Å². The van der Waals surface area contributed by atoms with Gasteiger partial charge in [-0.05, 0) is 17.7 Å². The third-order valence-electron chi connectivity index (χ3n) is 4.01. The van der Waals surface area contributed by atoms with E-state index in [0.29, 0.717) is 30.0 Å². The summed E-state index contributed by atoms with van der Waals surface area (Å²) < 4.78 is 19.8. The molecular weight excluding hydrogens is 319 g/mol. The first-order valence-electron chi connectivity index (χ1n) is 8.26. The number of ether oxygens (including phenoxy) is 1. The van der Waals surface area contributed by atoms with Gasteiger partial charge in [-0.25, -0.2) is 9.37 Å². The lowest BCUT2D eigenvalue weighted by molar-refractivity contribution is 0.0987. The van der Waals surface area contributed by atoms with Gasteiger partial charge in [0.2, 0.25) is 5.88 Å². The van der Waals surface area contributed by atoms with Gasteiger partial charge in [0.15, 0.2) is 5.78 Å². The zero-order chi connectivity index (χ0) is 17.6. The summed E-state index contributed by atoms with van der Waals surface area (Å²) in [6, 6.07) is 10.0. The second kappa shape index (κ2) is 7.83. The van der Waals surface area contributed by atoms with E-state index in [0.717, 1.165) is 17.7 Å². The van der Waals surface area contributed by atoms with E-state index in [1.807, 2.05) is 24.4 Å². The standard InChI is InChI=1S/C20H19FN2O2/c1-2-19(24)15-6-7-16(17(21)12-15)13-25-20-5-3-4-18(23-20)14-8-10-22-11-9-14/h3-8,11-12H,2,9-10,13H2,1H3. The quantitative estimate of drug-likeness (QED) is 0.740. The summed E-state index contributed by atoms with van der Waals surface area (Å²) in [5.41, 5.74) is 2.72. The molecule has 1 aromatic heterocycles. The van der Waals surface area contributed by atoms with Crippen LogP contribution in [0.3, 0.4) is 0 Å². The number of carbonyl (C=O) groups is 1. The van der Waals surface area contributed by atoms with Gasteiger partial charge in [-0.2, -0.15) is 0 Å². The van der Waals surface area contributed by atoms with Crippen LogP contribution in [0.2, 0.25) is 0 Å². The van der Waals surface area contributed by atoms with Crippen LogP contribution in [0, 0.1) is 5.82 Å². The van der Waals surface area contributed by atoms with Crippen LogP contribution >= 0.6 is 0 Å². The molecule has 0 saturated heterocycles. The van der Waals surface area contributed by atoms with E-state index in [1.54, 1.807) is 25.1 Å². The Kier molecular flexibility index (Phi) is 5.33. The van der Waals surface area contributed by atoms with E-state index < -0.39 is 5.82 Å². The number of hydrogen-bond donors (Lipinski definition) is 0. The van der Waals surface area contributed by atoms with E-state index in [1.165, 1.54) is 6.07 Å². The number of ketones is 1. The van der Waals surface area contributed by atoms with Crippen molar-refractivity contribution in [2.75, 3.05) is 6.54 Å². The largest absolute Gasteiger partial charge is 0.473 e. The van der Waals surface area contributed by atoms with Gasteiger partial charge < -0.3 is 4.74 Å². The average Bonchev–Trinajstić information content (AvgIpc) is 2.67. The molecule has 0 fully saturated rings. The molecule has 1 aromatic carbocycles. The first-order valence-corrected chi connectivity index (χ1v) is 8.26. The van der Waals surface area contributed by atoms with Crippen molar-refractivity contribution in [2.45, 2.75) is 26.4 Å². The number of pyridine rings is 1. The van der Waals surface area contributed by atoms with E-state index in [4.69, 9.17) is 4.74 Å². The molecule has 128 valence electrons. The molecule has 0 amide bonds. The zero-order valence-corrected chi connectivity index (χ0v) is 14.0. The molecule has 0 spiro atoms. The van der Waals surface area contributed by atoms with Gasteiger partial charge in [-0.1, -0.05) is 31.2 Å². The van der Waals surface area contributed by atoms with Crippen LogP contribution < -0.4 is 4.74 Å². The molecule has 3 rings (SSSR count). The van der Waals surface area contributed by atoms with Crippen molar-refractivity contribution in [3.05, 3.63) is 65.1 Å². The fraction of sp³-hybridized carbons (Fsp3) is 0.250. The second-order valence-electron chi connectivity index (χ2n) is 5.71. The Balaban J connectivity index is 1.69. The Bertz CT molecular complexity index is 843. The molecule has 25 heavy (non-hydrogen) atoms. The topological polar surface area (TPSA) is 51.5 Å². The molecule has 0 saturated carbocycles. The van der Waals surface area contributed by atoms with Gasteiger partial charge >= 0.3 is 0 Å². The number of aliphatic imine (C=N–C) groups is 1. The third kappa shape index (κ3) is 4.18. The molecule has 0 radical (unpaired) electrons. The van der Waals surface area contributed by atoms with E-state index in [-0.39, 0.29) is 12.4 Å². The summed E-state index contributed by atoms with van der Waals surface area (Å²) in [6.45, 7) is 2.48. The molecule has 0 atom stereocenters. The maximum atomic E-state index is 14.1. The normalized spacial score (nSPS) is 13.4. The number of aromatic nitrogens is 1. The molecular formula is C20H19FN2O2. The molecule has 0 aliphatic carbocycles. The Morgan fingerprint density at radius 1 is 1.28 bits per heavy atom. The lowest BCUT2D eigenvalue weighted by Crippen LogP contribution is -2.04. The minimum atomic E-state index is -0.443. The molecule has 0 N–H and O–H groups in total. The van der Waals surface area contributed by atoms with Crippen molar-refractivity contribution in [2.24, 2.45) is 4.99 Å². The Labute approximate surface area is 146 Å². The molecule has 0 unspecified atom stereocenters. The lowest BCUT2D eigenvalue weighted by Gasteiger charge is -2.11. The second-order valence-corrected chi connectivity index (χ2v) is 5.71. The van der Waals surface area contributed by atoms with Crippen molar-refractivity contribution in [3.63, 3.8) is 0 Å². The highest BCUT2D eigenvalue weighted by molar-refractivity contribution is 5.95. The Morgan fingerprint density at radius 2 is 2.16 bits per heavy atom. The molecule has 2 aromatic rings. The molecule has 5 heteroatoms. The summed E-state index contributed by atoms with van der Waals surface area (Å²) in [4.78, 5) is 20.3. The summed E-state index contributed by atoms with van der Waals surface area (Å²) >= 11 is 0. The molecule has 1 aliphatic rings. The maximum absolute atomic E-state index is 14.1. The van der Waals surface area contributed by atoms with Crippen LogP contribution in [0.25, 0.3) is 5.57 Å². The van der Waals surface area contributed by atoms with Crippen molar-refractivity contribution >= 4 is 17.6 Å². The SMILES string of the molecule is CCC(=O)c1ccc(COc2cccc(C3=CCN=CC3)n2)c(F)c1. The number of nitrogens with zero attached hydrogens (tertiary/aromatic N) is 2. The van der Waals surface area contributed by atoms with Gasteiger partial charge in [0.05, 0.1) is 12.2 Å². The van der Waals surface area contributed by atoms with Crippen LogP contribution in [-0.4, -0.2) is 23.5 Å². The molecule has 0 bridgehead atoms. The molecule has 4 nitrogen and oxygen atoms in total. The third-order valence-corrected chi connectivity index (χ3v) is 4.01. The number of carbonyl (C=O) groups excluding carboxylic acids is 1. The van der Waals surface area contributed by atoms with E-state index >= 15 is 0 Å². The Hall–Kier alpha value is -2.82. The minimum Gasteiger partial charge on any atom is -0.473 e. The number of benzene rings is 1. The number of Topliss-reactive ketones (excluding diaryl/α,β-unsaturated/α-hetero) is 1. The van der Waals surface area contributed by atoms with Gasteiger partial charge in [0.25, 0.3) is 0 Å². The number of hydrogen-bond acceptors (Lipinski definition) is 4. The van der Waals surface area contributed by atoms with Gasteiger partial charge in [0.1, 0.15) is 12.4 Å². The average molecular weight is 338 g/mol. The fourth-order valence-corrected chi connectivity index (χ4v) is 2.56. The summed E-state index contributed by atoms with van der Waals surface area (Å²) in [6.07, 6.45) is 5.01. The van der Waals surface area contributed by atoms with Gasteiger partial charge in [-0.3, -0.25) is 9.79 Å². The Morgan fingerprint density at radius 3 is 2.88 bits per heavy atom. The number of halogens is 1. The van der Waals surface area contributed by atoms with Gasteiger partial charge in [-0.15, -0.1) is 0 Å². The number of dihydropyridines is 1. The first kappa shape index (κ1) is 17.0. The van der Waals surface area contributed by atoms with E-state index in [9.17, 15) is 9.18 Å². The van der Waals surface area contributed by atoms with Crippen LogP contribution in [0.4, 0.5) is 4.39 Å². The zero-order valence-electron chi connectivity index (χ0n) is 14.0. The highest BCUT2D eigenvalue weighted by Gasteiger charge is 2.10. The van der Waals surface area contributed by atoms with Crippen LogP contribution in [0.5, 0.6) is 5.88 Å². The van der Waals surface area contributed by atoms with Crippen LogP contribution in [-0.2, 0) is 6.61 Å². The van der Waals surface area contributed by atoms with Crippen molar-refractivity contribution in [1.29, 1.82) is 0 Å². The van der Waals surface area contributed by atoms with Crippen molar-refractivity contribution < 1.29 is 13.9 Å². The predicted molar refractivity (Wildman–Crippen MR) is 95.5 cm³/mol. The monoisotopic (exact) mass is 338 g/mol. The predicted octanol–water partition coefficient (Wildman–Crippen LogP) is 4.25. The molecule has 1 aliphatic heterocycles. The minimum absolute atomic E-state index is 0.0589. The summed E-state index contributed by atoms with van der Waals surface area (Å²) in [5.74, 6) is -0.0827. The lowest BCUT2D eigenvalue weighted by atomic mass is 10.1. The fourth-order valence-electron chi connectivity index (χ4n) is 2.56. The number of allylic oxidation sites excluding steroid dienone is 1. The summed E-state index contributed by atoms with van der Waals surface area (Å²) in [7, 11) is 0. The van der Waals surface area contributed by atoms with Crippen molar-refractivity contribution in [1.82, 2.24) is 4.98 Å². The highest BCUT2D eigenvalue weighted by Crippen LogP contribution is 2.21. The van der Waals surface area contributed by atoms with Crippen molar-refractivity contribution in [3.8, 4) is 5.88 Å². The summed E-state index contributed by atoms with van der Waals surface area (Å²) in [5, 5.41) is 0. The highest BCUT2D eigenvalue weighted by atomic mass is 19.1. The first-order chi connectivity index (χ1) is 12.2. The van der Waals surface area contributed by atoms with Crippen LogP contribution in [0.15, 0.2) is 47.5 Å². The van der Waals surface area contributed by atoms with Crippen LogP contribution in [0.1, 0.15) is 41.4 Å². The van der Waals surface area contributed by atoms with E-state index in [2.05, 4.69) is 9.98 Å². The molecule has 2 heterocycles. The number of rotatable bonds is 6. The maximum Gasteiger partial charge on any atom is 0.214 e. The smallest absolute Gasteiger partial charge is 0.214 e.